The van der Waals surface area contributed by atoms with Gasteiger partial charge >= 0.3 is 0 Å². The van der Waals surface area contributed by atoms with Crippen molar-refractivity contribution in [1.29, 1.82) is 0 Å². The van der Waals surface area contributed by atoms with Crippen LogP contribution in [0.2, 0.25) is 0 Å². The number of thiophene rings is 1. The second kappa shape index (κ2) is 6.74. The second-order valence-corrected chi connectivity index (χ2v) is 9.57. The van der Waals surface area contributed by atoms with E-state index in [1.807, 2.05) is 22.4 Å². The van der Waals surface area contributed by atoms with E-state index in [2.05, 4.69) is 18.6 Å². The summed E-state index contributed by atoms with van der Waals surface area (Å²) in [5.74, 6) is -0.0659. The molecule has 0 aliphatic carbocycles. The van der Waals surface area contributed by atoms with Crippen molar-refractivity contribution >= 4 is 27.5 Å². The Morgan fingerprint density at radius 2 is 1.96 bits per heavy atom. The molecule has 2 aliphatic heterocycles. The lowest BCUT2D eigenvalue weighted by atomic mass is 9.95. The lowest BCUT2D eigenvalue weighted by Gasteiger charge is -2.44. The summed E-state index contributed by atoms with van der Waals surface area (Å²) in [5, 5.41) is 1.92. The average molecular weight is 372 g/mol. The molecule has 1 aromatic rings. The van der Waals surface area contributed by atoms with Gasteiger partial charge in [0, 0.05) is 24.0 Å². The highest BCUT2D eigenvalue weighted by molar-refractivity contribution is 7.87. The van der Waals surface area contributed by atoms with E-state index >= 15 is 0 Å². The first-order valence-corrected chi connectivity index (χ1v) is 10.7. The van der Waals surface area contributed by atoms with Gasteiger partial charge in [-0.15, -0.1) is 11.3 Å². The largest absolute Gasteiger partial charge is 0.336 e. The standard InChI is InChI=1S/C16H25N3O3S2/c1-11-6-4-7-12(2)19(11)16(20)14-10-13(15-8-5-9-23-15)17-24(21,22)18(14)3/h5,8-9,11-14,17H,4,6-7,10H2,1-3H3/t11-,12+,13-,14+/m0/s1. The van der Waals surface area contributed by atoms with Gasteiger partial charge in [-0.05, 0) is 51.0 Å². The highest BCUT2D eigenvalue weighted by Crippen LogP contribution is 2.33. The Morgan fingerprint density at radius 3 is 2.54 bits per heavy atom. The second-order valence-electron chi connectivity index (χ2n) is 6.83. The fourth-order valence-electron chi connectivity index (χ4n) is 3.80. The van der Waals surface area contributed by atoms with E-state index in [4.69, 9.17) is 0 Å². The molecule has 1 N–H and O–H groups in total. The fraction of sp³-hybridized carbons (Fsp3) is 0.688. The molecular weight excluding hydrogens is 346 g/mol. The Balaban J connectivity index is 1.88. The van der Waals surface area contributed by atoms with Crippen LogP contribution < -0.4 is 4.72 Å². The monoisotopic (exact) mass is 371 g/mol. The minimum absolute atomic E-state index is 0.0659. The number of rotatable bonds is 2. The molecule has 1 aromatic heterocycles. The topological polar surface area (TPSA) is 69.7 Å². The van der Waals surface area contributed by atoms with Crippen molar-refractivity contribution in [1.82, 2.24) is 13.9 Å². The molecule has 0 aromatic carbocycles. The van der Waals surface area contributed by atoms with E-state index < -0.39 is 16.3 Å². The highest BCUT2D eigenvalue weighted by Gasteiger charge is 2.44. The fourth-order valence-corrected chi connectivity index (χ4v) is 5.92. The van der Waals surface area contributed by atoms with Crippen LogP contribution in [0.5, 0.6) is 0 Å². The first kappa shape index (κ1) is 17.8. The predicted octanol–water partition coefficient (Wildman–Crippen LogP) is 2.12. The van der Waals surface area contributed by atoms with E-state index in [1.54, 1.807) is 0 Å². The van der Waals surface area contributed by atoms with Crippen molar-refractivity contribution in [3.63, 3.8) is 0 Å². The van der Waals surface area contributed by atoms with Crippen LogP contribution in [0.1, 0.15) is 50.4 Å². The van der Waals surface area contributed by atoms with Crippen molar-refractivity contribution in [2.45, 2.75) is 63.7 Å². The van der Waals surface area contributed by atoms with Gasteiger partial charge in [0.1, 0.15) is 6.04 Å². The molecule has 2 aliphatic rings. The van der Waals surface area contributed by atoms with Gasteiger partial charge in [0.15, 0.2) is 0 Å². The number of amides is 1. The summed E-state index contributed by atoms with van der Waals surface area (Å²) in [5.41, 5.74) is 0. The van der Waals surface area contributed by atoms with Crippen molar-refractivity contribution in [2.24, 2.45) is 0 Å². The molecule has 6 nitrogen and oxygen atoms in total. The number of carbonyl (C=O) groups excluding carboxylic acids is 1. The van der Waals surface area contributed by atoms with E-state index in [0.717, 1.165) is 24.1 Å². The quantitative estimate of drug-likeness (QED) is 0.866. The van der Waals surface area contributed by atoms with E-state index in [9.17, 15) is 13.2 Å². The third-order valence-electron chi connectivity index (χ3n) is 5.19. The summed E-state index contributed by atoms with van der Waals surface area (Å²) >= 11 is 1.51. The molecule has 24 heavy (non-hydrogen) atoms. The van der Waals surface area contributed by atoms with Crippen LogP contribution in [0.4, 0.5) is 0 Å². The van der Waals surface area contributed by atoms with Crippen LogP contribution in [0, 0.1) is 0 Å². The van der Waals surface area contributed by atoms with Crippen LogP contribution in [0.25, 0.3) is 0 Å². The van der Waals surface area contributed by atoms with Gasteiger partial charge in [-0.2, -0.15) is 17.4 Å². The zero-order chi connectivity index (χ0) is 17.5. The third-order valence-corrected chi connectivity index (χ3v) is 7.77. The van der Waals surface area contributed by atoms with Gasteiger partial charge in [0.05, 0.1) is 6.04 Å². The van der Waals surface area contributed by atoms with Crippen molar-refractivity contribution in [3.05, 3.63) is 22.4 Å². The molecule has 8 heteroatoms. The van der Waals surface area contributed by atoms with Gasteiger partial charge in [-0.1, -0.05) is 6.07 Å². The van der Waals surface area contributed by atoms with E-state index in [1.165, 1.54) is 22.7 Å². The molecule has 2 fully saturated rings. The molecule has 0 saturated carbocycles. The smallest absolute Gasteiger partial charge is 0.280 e. The lowest BCUT2D eigenvalue weighted by molar-refractivity contribution is -0.142. The number of likely N-dealkylation sites (tertiary alicyclic amines) is 1. The highest BCUT2D eigenvalue weighted by atomic mass is 32.2. The molecule has 3 heterocycles. The van der Waals surface area contributed by atoms with Gasteiger partial charge in [-0.3, -0.25) is 4.79 Å². The predicted molar refractivity (Wildman–Crippen MR) is 94.9 cm³/mol. The first-order valence-electron chi connectivity index (χ1n) is 8.42. The summed E-state index contributed by atoms with van der Waals surface area (Å²) in [4.78, 5) is 16.0. The Bertz CT molecular complexity index is 679. The van der Waals surface area contributed by atoms with Crippen LogP contribution in [0.3, 0.4) is 0 Å². The van der Waals surface area contributed by atoms with Gasteiger partial charge < -0.3 is 4.90 Å². The zero-order valence-electron chi connectivity index (χ0n) is 14.3. The Morgan fingerprint density at radius 1 is 1.29 bits per heavy atom. The Hall–Kier alpha value is -0.960. The summed E-state index contributed by atoms with van der Waals surface area (Å²) in [6.07, 6.45) is 3.53. The molecule has 1 amide bonds. The minimum atomic E-state index is -3.66. The first-order chi connectivity index (χ1) is 11.3. The van der Waals surface area contributed by atoms with Gasteiger partial charge in [-0.25, -0.2) is 0 Å². The molecule has 0 spiro atoms. The van der Waals surface area contributed by atoms with Crippen LogP contribution in [0.15, 0.2) is 17.5 Å². The van der Waals surface area contributed by atoms with Crippen LogP contribution in [-0.4, -0.2) is 48.7 Å². The number of hydrogen-bond donors (Lipinski definition) is 1. The Kier molecular flexibility index (Phi) is 5.01. The van der Waals surface area contributed by atoms with E-state index in [-0.39, 0.29) is 24.0 Å². The molecule has 0 bridgehead atoms. The minimum Gasteiger partial charge on any atom is -0.336 e. The Labute approximate surface area is 148 Å². The summed E-state index contributed by atoms with van der Waals surface area (Å²) in [6, 6.07) is 3.15. The SMILES string of the molecule is C[C@@H]1CCC[C@H](C)N1C(=O)[C@H]1C[C@@H](c2cccs2)NS(=O)(=O)N1C. The number of nitrogens with one attached hydrogen (secondary N) is 1. The molecular formula is C16H25N3O3S2. The van der Waals surface area contributed by atoms with Gasteiger partial charge in [0.25, 0.3) is 10.2 Å². The lowest BCUT2D eigenvalue weighted by Crippen LogP contribution is -2.60. The third kappa shape index (κ3) is 3.24. The van der Waals surface area contributed by atoms with Crippen molar-refractivity contribution in [3.8, 4) is 0 Å². The van der Waals surface area contributed by atoms with E-state index in [0.29, 0.717) is 6.42 Å². The molecule has 3 rings (SSSR count). The van der Waals surface area contributed by atoms with Crippen molar-refractivity contribution in [2.75, 3.05) is 7.05 Å². The number of carbonyl (C=O) groups is 1. The summed E-state index contributed by atoms with van der Waals surface area (Å²) in [7, 11) is -2.17. The molecule has 2 saturated heterocycles. The number of likely N-dealkylation sites (N-methyl/N-ethyl adjacent to an activating group) is 1. The van der Waals surface area contributed by atoms with Crippen molar-refractivity contribution < 1.29 is 13.2 Å². The van der Waals surface area contributed by atoms with Gasteiger partial charge in [0.2, 0.25) is 5.91 Å². The number of piperidine rings is 1. The maximum absolute atomic E-state index is 13.2. The van der Waals surface area contributed by atoms with Crippen LogP contribution in [-0.2, 0) is 15.0 Å². The molecule has 0 unspecified atom stereocenters. The summed E-state index contributed by atoms with van der Waals surface area (Å²) in [6.45, 7) is 4.11. The number of nitrogens with zero attached hydrogens (tertiary/aromatic N) is 2. The zero-order valence-corrected chi connectivity index (χ0v) is 15.9. The molecule has 134 valence electrons. The van der Waals surface area contributed by atoms with Crippen LogP contribution >= 0.6 is 11.3 Å². The average Bonchev–Trinajstić information content (AvgIpc) is 3.03. The molecule has 4 atom stereocenters. The normalized spacial score (nSPS) is 34.2. The summed E-state index contributed by atoms with van der Waals surface area (Å²) < 4.78 is 28.9. The maximum Gasteiger partial charge on any atom is 0.280 e. The maximum atomic E-state index is 13.2. The molecule has 0 radical (unpaired) electrons. The number of hydrogen-bond acceptors (Lipinski definition) is 4.